The van der Waals surface area contributed by atoms with Gasteiger partial charge in [-0.2, -0.15) is 0 Å². The minimum Gasteiger partial charge on any atom is -0.299 e. The Morgan fingerprint density at radius 2 is 1.80 bits per heavy atom. The van der Waals surface area contributed by atoms with E-state index in [1.165, 1.54) is 41.5 Å². The largest absolute Gasteiger partial charge is 0.299 e. The van der Waals surface area contributed by atoms with Gasteiger partial charge < -0.3 is 0 Å². The van der Waals surface area contributed by atoms with Gasteiger partial charge >= 0.3 is 0 Å². The lowest BCUT2D eigenvalue weighted by molar-refractivity contribution is -0.104. The summed E-state index contributed by atoms with van der Waals surface area (Å²) in [5.74, 6) is 2.66. The molecule has 1 unspecified atom stereocenters. The fourth-order valence-electron chi connectivity index (χ4n) is 4.21. The standard InChI is InChI=1S/C20H28O.C13H17N/c1-16(8-6-9-17(2)13-15-21)11-12-19-18(3)10-7-14-20(19,4)5;1-4-10-14(3)12(2)11-13-8-6-5-7-9-13/h6,8-9,11-13,15H,7,10,14H2,1-5H3;1,5-9,12H,10-11H2,2-3H3/b9-6+,12-11+,16-8+,17-13+;. The van der Waals surface area contributed by atoms with E-state index in [1.54, 1.807) is 6.08 Å². The molecule has 0 aromatic heterocycles. The van der Waals surface area contributed by atoms with Crippen LogP contribution in [-0.2, 0) is 11.2 Å². The number of allylic oxidation sites excluding steroid dienone is 10. The summed E-state index contributed by atoms with van der Waals surface area (Å²) in [5, 5.41) is 0. The highest BCUT2D eigenvalue weighted by Crippen LogP contribution is 2.40. The number of nitrogens with zero attached hydrogens (tertiary/aromatic N) is 1. The SMILES string of the molecule is C#CCN(C)C(C)Cc1ccccc1.CC1=C(/C=C/C(C)=C/C=C/C(C)=C/C=O)C(C)(C)CCC1. The van der Waals surface area contributed by atoms with Crippen LogP contribution >= 0.6 is 0 Å². The molecule has 1 atom stereocenters. The van der Waals surface area contributed by atoms with Gasteiger partial charge in [0.15, 0.2) is 0 Å². The van der Waals surface area contributed by atoms with E-state index < -0.39 is 0 Å². The lowest BCUT2D eigenvalue weighted by atomic mass is 9.72. The van der Waals surface area contributed by atoms with Gasteiger partial charge in [0.05, 0.1) is 6.54 Å². The van der Waals surface area contributed by atoms with Crippen LogP contribution in [0.2, 0.25) is 0 Å². The molecule has 1 aliphatic carbocycles. The Bertz CT molecular complexity index is 980. The Balaban J connectivity index is 0.000000379. The summed E-state index contributed by atoms with van der Waals surface area (Å²) >= 11 is 0. The number of hydrogen-bond acceptors (Lipinski definition) is 2. The quantitative estimate of drug-likeness (QED) is 0.158. The Morgan fingerprint density at radius 1 is 1.14 bits per heavy atom. The summed E-state index contributed by atoms with van der Waals surface area (Å²) in [4.78, 5) is 12.5. The third-order valence-corrected chi connectivity index (χ3v) is 6.57. The lowest BCUT2D eigenvalue weighted by Crippen LogP contribution is -2.31. The van der Waals surface area contributed by atoms with Gasteiger partial charge in [0.1, 0.15) is 6.29 Å². The Hall–Kier alpha value is -2.89. The number of benzene rings is 1. The van der Waals surface area contributed by atoms with Crippen LogP contribution in [0.4, 0.5) is 0 Å². The molecule has 35 heavy (non-hydrogen) atoms. The van der Waals surface area contributed by atoms with E-state index >= 15 is 0 Å². The second-order valence-electron chi connectivity index (χ2n) is 10.2. The number of carbonyl (C=O) groups is 1. The number of hydrogen-bond donors (Lipinski definition) is 0. The molecule has 0 N–H and O–H groups in total. The molecular weight excluding hydrogens is 426 g/mol. The van der Waals surface area contributed by atoms with Crippen LogP contribution in [0.5, 0.6) is 0 Å². The molecule has 188 valence electrons. The van der Waals surface area contributed by atoms with Crippen LogP contribution in [0, 0.1) is 17.8 Å². The summed E-state index contributed by atoms with van der Waals surface area (Å²) in [6.07, 6.45) is 23.0. The maximum Gasteiger partial charge on any atom is 0.143 e. The molecule has 2 heteroatoms. The number of terminal acetylenes is 1. The maximum atomic E-state index is 10.3. The van der Waals surface area contributed by atoms with Crippen LogP contribution in [0.1, 0.15) is 66.4 Å². The van der Waals surface area contributed by atoms with Crippen molar-refractivity contribution in [2.24, 2.45) is 5.41 Å². The highest BCUT2D eigenvalue weighted by Gasteiger charge is 2.26. The molecule has 0 saturated heterocycles. The zero-order valence-electron chi connectivity index (χ0n) is 23.0. The van der Waals surface area contributed by atoms with Crippen molar-refractivity contribution in [1.29, 1.82) is 0 Å². The molecule has 0 bridgehead atoms. The van der Waals surface area contributed by atoms with Gasteiger partial charge in [0.2, 0.25) is 0 Å². The van der Waals surface area contributed by atoms with Gasteiger partial charge in [-0.15, -0.1) is 6.42 Å². The highest BCUT2D eigenvalue weighted by atomic mass is 16.1. The first-order valence-electron chi connectivity index (χ1n) is 12.6. The van der Waals surface area contributed by atoms with Crippen molar-refractivity contribution in [3.8, 4) is 12.3 Å². The molecule has 2 rings (SSSR count). The third kappa shape index (κ3) is 11.9. The fraction of sp³-hybridized carbons (Fsp3) is 0.424. The van der Waals surface area contributed by atoms with Gasteiger partial charge in [-0.1, -0.05) is 91.6 Å². The Kier molecular flexibility index (Phi) is 13.7. The molecule has 2 nitrogen and oxygen atoms in total. The predicted molar refractivity (Wildman–Crippen MR) is 153 cm³/mol. The van der Waals surface area contributed by atoms with E-state index in [2.05, 4.69) is 95.0 Å². The predicted octanol–water partition coefficient (Wildman–Crippen LogP) is 7.90. The summed E-state index contributed by atoms with van der Waals surface area (Å²) in [5.41, 5.74) is 6.84. The van der Waals surface area contributed by atoms with Gasteiger partial charge in [0.25, 0.3) is 0 Å². The molecular formula is C33H45NO. The lowest BCUT2D eigenvalue weighted by Gasteiger charge is -2.32. The normalized spacial score (nSPS) is 17.3. The molecule has 0 saturated carbocycles. The van der Waals surface area contributed by atoms with Crippen molar-refractivity contribution >= 4 is 6.29 Å². The number of carbonyl (C=O) groups excluding carboxylic acids is 1. The van der Waals surface area contributed by atoms with E-state index in [1.807, 2.05) is 25.1 Å². The molecule has 0 radical (unpaired) electrons. The van der Waals surface area contributed by atoms with Crippen LogP contribution in [0.3, 0.4) is 0 Å². The van der Waals surface area contributed by atoms with Crippen molar-refractivity contribution in [2.75, 3.05) is 13.6 Å². The van der Waals surface area contributed by atoms with Crippen LogP contribution in [0.25, 0.3) is 0 Å². The molecule has 1 aromatic rings. The van der Waals surface area contributed by atoms with Crippen molar-refractivity contribution in [3.05, 3.63) is 94.6 Å². The first-order chi connectivity index (χ1) is 16.6. The second kappa shape index (κ2) is 15.9. The first-order valence-corrected chi connectivity index (χ1v) is 12.6. The second-order valence-corrected chi connectivity index (χ2v) is 10.2. The topological polar surface area (TPSA) is 20.3 Å². The van der Waals surface area contributed by atoms with E-state index in [-0.39, 0.29) is 5.41 Å². The van der Waals surface area contributed by atoms with Gasteiger partial charge in [-0.3, -0.25) is 9.69 Å². The molecule has 0 fully saturated rings. The minimum absolute atomic E-state index is 0.290. The van der Waals surface area contributed by atoms with Gasteiger partial charge in [-0.05, 0) is 88.6 Å². The zero-order chi connectivity index (χ0) is 26.3. The van der Waals surface area contributed by atoms with Gasteiger partial charge in [0, 0.05) is 6.04 Å². The molecule has 0 amide bonds. The van der Waals surface area contributed by atoms with E-state index in [9.17, 15) is 4.79 Å². The zero-order valence-corrected chi connectivity index (χ0v) is 23.0. The van der Waals surface area contributed by atoms with Crippen molar-refractivity contribution in [1.82, 2.24) is 4.90 Å². The number of aldehydes is 1. The molecule has 0 spiro atoms. The third-order valence-electron chi connectivity index (χ3n) is 6.57. The minimum atomic E-state index is 0.290. The maximum absolute atomic E-state index is 10.3. The number of rotatable bonds is 9. The van der Waals surface area contributed by atoms with Crippen molar-refractivity contribution < 1.29 is 4.79 Å². The van der Waals surface area contributed by atoms with Crippen LogP contribution in [-0.4, -0.2) is 30.8 Å². The molecule has 1 aromatic carbocycles. The monoisotopic (exact) mass is 471 g/mol. The summed E-state index contributed by atoms with van der Waals surface area (Å²) in [6, 6.07) is 11.0. The van der Waals surface area contributed by atoms with Crippen molar-refractivity contribution in [3.63, 3.8) is 0 Å². The van der Waals surface area contributed by atoms with Crippen molar-refractivity contribution in [2.45, 2.75) is 73.3 Å². The molecule has 0 aliphatic heterocycles. The van der Waals surface area contributed by atoms with Gasteiger partial charge in [-0.25, -0.2) is 0 Å². The van der Waals surface area contributed by atoms with E-state index in [0.717, 1.165) is 18.3 Å². The van der Waals surface area contributed by atoms with Crippen LogP contribution < -0.4 is 0 Å². The highest BCUT2D eigenvalue weighted by molar-refractivity contribution is 5.66. The van der Waals surface area contributed by atoms with E-state index in [4.69, 9.17) is 6.42 Å². The summed E-state index contributed by atoms with van der Waals surface area (Å²) in [6.45, 7) is 13.9. The average Bonchev–Trinajstić information content (AvgIpc) is 2.80. The first kappa shape index (κ1) is 30.1. The average molecular weight is 472 g/mol. The smallest absolute Gasteiger partial charge is 0.143 e. The van der Waals surface area contributed by atoms with Crippen LogP contribution in [0.15, 0.2) is 89.1 Å². The fourth-order valence-corrected chi connectivity index (χ4v) is 4.21. The van der Waals surface area contributed by atoms with E-state index in [0.29, 0.717) is 12.6 Å². The number of likely N-dealkylation sites (N-methyl/N-ethyl adjacent to an activating group) is 1. The molecule has 1 aliphatic rings. The molecule has 0 heterocycles. The summed E-state index contributed by atoms with van der Waals surface area (Å²) in [7, 11) is 2.06. The summed E-state index contributed by atoms with van der Waals surface area (Å²) < 4.78 is 0. The Morgan fingerprint density at radius 3 is 2.40 bits per heavy atom. The Labute approximate surface area is 215 Å².